The highest BCUT2D eigenvalue weighted by Crippen LogP contribution is 2.32. The number of benzene rings is 4. The molecule has 0 unspecified atom stereocenters. The van der Waals surface area contributed by atoms with Crippen LogP contribution in [0.5, 0.6) is 0 Å². The molecule has 2 aliphatic heterocycles. The molecule has 0 bridgehead atoms. The SMILES string of the molecule is Cc1cc(N(c2ccc(C#N)cc2)[C@H]2CCNC2)ccc1F.Fc1cccc(N(c2cccc(F)c2)[C@H]2CCNC2)c1. The lowest BCUT2D eigenvalue weighted by atomic mass is 10.1. The van der Waals surface area contributed by atoms with Crippen LogP contribution in [-0.2, 0) is 0 Å². The van der Waals surface area contributed by atoms with Crippen LogP contribution in [0.2, 0.25) is 0 Å². The van der Waals surface area contributed by atoms with Crippen LogP contribution in [0.15, 0.2) is 91.0 Å². The molecule has 2 saturated heterocycles. The quantitative estimate of drug-likeness (QED) is 0.263. The van der Waals surface area contributed by atoms with Crippen molar-refractivity contribution in [3.8, 4) is 6.07 Å². The third-order valence-electron chi connectivity index (χ3n) is 7.67. The van der Waals surface area contributed by atoms with Crippen molar-refractivity contribution < 1.29 is 13.2 Å². The van der Waals surface area contributed by atoms with Gasteiger partial charge in [0.15, 0.2) is 0 Å². The Balaban J connectivity index is 0.000000169. The van der Waals surface area contributed by atoms with E-state index in [1.807, 2.05) is 53.4 Å². The molecule has 2 atom stereocenters. The lowest BCUT2D eigenvalue weighted by molar-refractivity contribution is 0.617. The number of aryl methyl sites for hydroxylation is 1. The van der Waals surface area contributed by atoms with Gasteiger partial charge < -0.3 is 20.4 Å². The molecule has 0 amide bonds. The Morgan fingerprint density at radius 3 is 1.62 bits per heavy atom. The van der Waals surface area contributed by atoms with Gasteiger partial charge in [-0.05, 0) is 117 Å². The molecule has 5 nitrogen and oxygen atoms in total. The number of halogens is 3. The van der Waals surface area contributed by atoms with Crippen molar-refractivity contribution in [3.05, 3.63) is 120 Å². The van der Waals surface area contributed by atoms with E-state index in [0.717, 1.165) is 61.8 Å². The maximum absolute atomic E-state index is 13.6. The fraction of sp³-hybridized carbons (Fsp3) is 0.265. The highest BCUT2D eigenvalue weighted by atomic mass is 19.1. The zero-order valence-corrected chi connectivity index (χ0v) is 23.5. The van der Waals surface area contributed by atoms with E-state index < -0.39 is 0 Å². The minimum Gasteiger partial charge on any atom is -0.337 e. The highest BCUT2D eigenvalue weighted by molar-refractivity contribution is 5.66. The summed E-state index contributed by atoms with van der Waals surface area (Å²) in [6.07, 6.45) is 1.99. The Bertz CT molecular complexity index is 1480. The van der Waals surface area contributed by atoms with Crippen molar-refractivity contribution in [2.24, 2.45) is 0 Å². The number of nitrogens with one attached hydrogen (secondary N) is 2. The van der Waals surface area contributed by atoms with Crippen LogP contribution in [0.25, 0.3) is 0 Å². The average molecular weight is 570 g/mol. The lowest BCUT2D eigenvalue weighted by Gasteiger charge is -2.31. The van der Waals surface area contributed by atoms with Gasteiger partial charge in [-0.1, -0.05) is 12.1 Å². The molecule has 6 rings (SSSR count). The molecule has 2 fully saturated rings. The van der Waals surface area contributed by atoms with Crippen molar-refractivity contribution in [3.63, 3.8) is 0 Å². The second-order valence-corrected chi connectivity index (χ2v) is 10.6. The van der Waals surface area contributed by atoms with Gasteiger partial charge in [-0.3, -0.25) is 0 Å². The number of anilines is 4. The van der Waals surface area contributed by atoms with Crippen LogP contribution >= 0.6 is 0 Å². The lowest BCUT2D eigenvalue weighted by Crippen LogP contribution is -2.33. The first-order valence-corrected chi connectivity index (χ1v) is 14.2. The molecule has 2 N–H and O–H groups in total. The molecule has 0 aromatic heterocycles. The first-order valence-electron chi connectivity index (χ1n) is 14.2. The summed E-state index contributed by atoms with van der Waals surface area (Å²) in [5.74, 6) is -0.752. The summed E-state index contributed by atoms with van der Waals surface area (Å²) in [7, 11) is 0. The van der Waals surface area contributed by atoms with Crippen LogP contribution in [-0.4, -0.2) is 38.3 Å². The Morgan fingerprint density at radius 1 is 0.667 bits per heavy atom. The van der Waals surface area contributed by atoms with Crippen molar-refractivity contribution in [1.82, 2.24) is 10.6 Å². The van der Waals surface area contributed by atoms with Crippen LogP contribution in [0.4, 0.5) is 35.9 Å². The minimum absolute atomic E-state index is 0.187. The summed E-state index contributed by atoms with van der Waals surface area (Å²) < 4.78 is 40.6. The van der Waals surface area contributed by atoms with Crippen LogP contribution in [0.3, 0.4) is 0 Å². The van der Waals surface area contributed by atoms with Gasteiger partial charge in [0, 0.05) is 47.9 Å². The van der Waals surface area contributed by atoms with Gasteiger partial charge in [0.05, 0.1) is 11.6 Å². The maximum atomic E-state index is 13.6. The summed E-state index contributed by atoms with van der Waals surface area (Å²) in [5, 5.41) is 15.6. The predicted octanol–water partition coefficient (Wildman–Crippen LogP) is 6.97. The number of rotatable bonds is 6. The third-order valence-corrected chi connectivity index (χ3v) is 7.67. The highest BCUT2D eigenvalue weighted by Gasteiger charge is 2.25. The zero-order chi connectivity index (χ0) is 29.5. The van der Waals surface area contributed by atoms with E-state index in [4.69, 9.17) is 5.26 Å². The van der Waals surface area contributed by atoms with E-state index in [2.05, 4.69) is 21.6 Å². The molecule has 42 heavy (non-hydrogen) atoms. The van der Waals surface area contributed by atoms with Gasteiger partial charge >= 0.3 is 0 Å². The second-order valence-electron chi connectivity index (χ2n) is 10.6. The monoisotopic (exact) mass is 569 g/mol. The molecular weight excluding hydrogens is 535 g/mol. The predicted molar refractivity (Wildman–Crippen MR) is 162 cm³/mol. The third kappa shape index (κ3) is 6.93. The van der Waals surface area contributed by atoms with Gasteiger partial charge in [0.1, 0.15) is 17.5 Å². The van der Waals surface area contributed by atoms with Gasteiger partial charge in [0.2, 0.25) is 0 Å². The van der Waals surface area contributed by atoms with Gasteiger partial charge in [-0.25, -0.2) is 13.2 Å². The molecule has 4 aromatic rings. The second kappa shape index (κ2) is 13.6. The maximum Gasteiger partial charge on any atom is 0.126 e. The molecule has 0 saturated carbocycles. The van der Waals surface area contributed by atoms with Crippen LogP contribution in [0.1, 0.15) is 24.0 Å². The standard InChI is InChI=1S/C18H18FN3.C16H16F2N2/c1-13-10-16(6-7-18(13)19)22(17-8-9-21-12-17)15-4-2-14(11-20)3-5-15;17-12-3-1-5-14(9-12)20(16-7-8-19-11-16)15-6-2-4-13(18)10-15/h2-7,10,17,21H,8-9,12H2,1H3;1-6,9-10,16,19H,7-8,11H2/t17-;16-/m00/s1. The average Bonchev–Trinajstić information content (AvgIpc) is 3.72. The molecular formula is C34H34F3N5. The number of hydrogen-bond donors (Lipinski definition) is 2. The van der Waals surface area contributed by atoms with Crippen molar-refractivity contribution >= 4 is 22.7 Å². The number of nitrogens with zero attached hydrogens (tertiary/aromatic N) is 3. The largest absolute Gasteiger partial charge is 0.337 e. The summed E-state index contributed by atoms with van der Waals surface area (Å²) in [5.41, 5.74) is 4.80. The van der Waals surface area contributed by atoms with E-state index >= 15 is 0 Å². The Labute approximate surface area is 245 Å². The molecule has 8 heteroatoms. The van der Waals surface area contributed by atoms with Crippen LogP contribution in [0, 0.1) is 35.7 Å². The molecule has 0 aliphatic carbocycles. The normalized spacial score (nSPS) is 17.7. The van der Waals surface area contributed by atoms with Gasteiger partial charge in [0.25, 0.3) is 0 Å². The molecule has 4 aromatic carbocycles. The summed E-state index contributed by atoms with van der Waals surface area (Å²) >= 11 is 0. The fourth-order valence-electron chi connectivity index (χ4n) is 5.59. The molecule has 216 valence electrons. The first kappa shape index (κ1) is 29.2. The van der Waals surface area contributed by atoms with E-state index in [1.165, 1.54) is 30.3 Å². The topological polar surface area (TPSA) is 54.3 Å². The van der Waals surface area contributed by atoms with Crippen LogP contribution < -0.4 is 20.4 Å². The summed E-state index contributed by atoms with van der Waals surface area (Å²) in [4.78, 5) is 4.24. The number of hydrogen-bond acceptors (Lipinski definition) is 5. The Kier molecular flexibility index (Phi) is 9.42. The molecule has 0 spiro atoms. The zero-order valence-electron chi connectivity index (χ0n) is 23.5. The molecule has 2 aliphatic rings. The number of nitriles is 1. The Morgan fingerprint density at radius 2 is 1.17 bits per heavy atom. The smallest absolute Gasteiger partial charge is 0.126 e. The minimum atomic E-state index is -0.283. The summed E-state index contributed by atoms with van der Waals surface area (Å²) in [6.45, 7) is 5.40. The van der Waals surface area contributed by atoms with E-state index in [1.54, 1.807) is 19.1 Å². The van der Waals surface area contributed by atoms with E-state index in [9.17, 15) is 13.2 Å². The molecule has 2 heterocycles. The van der Waals surface area contributed by atoms with Crippen molar-refractivity contribution in [2.45, 2.75) is 31.8 Å². The van der Waals surface area contributed by atoms with Crippen molar-refractivity contribution in [1.29, 1.82) is 5.26 Å². The van der Waals surface area contributed by atoms with E-state index in [-0.39, 0.29) is 23.5 Å². The molecule has 0 radical (unpaired) electrons. The van der Waals surface area contributed by atoms with Gasteiger partial charge in [-0.15, -0.1) is 0 Å². The van der Waals surface area contributed by atoms with Crippen molar-refractivity contribution in [2.75, 3.05) is 36.0 Å². The summed E-state index contributed by atoms with van der Waals surface area (Å²) in [6, 6.07) is 28.3. The fourth-order valence-corrected chi connectivity index (χ4v) is 5.59. The van der Waals surface area contributed by atoms with Gasteiger partial charge in [-0.2, -0.15) is 5.26 Å². The van der Waals surface area contributed by atoms with E-state index in [0.29, 0.717) is 17.2 Å². The first-order chi connectivity index (χ1) is 20.4. The Hall–Kier alpha value is -4.32.